The van der Waals surface area contributed by atoms with E-state index >= 15 is 0 Å². The Balaban J connectivity index is 1.18. The minimum atomic E-state index is -4.98. The zero-order valence-corrected chi connectivity index (χ0v) is 26.6. The number of oxime groups is 1. The molecule has 5 rings (SSSR count). The number of nitrogens with two attached hydrogens (primary N) is 2. The minimum Gasteiger partial charge on any atom is -0.490 e. The van der Waals surface area contributed by atoms with E-state index in [1.54, 1.807) is 6.07 Å². The van der Waals surface area contributed by atoms with Crippen LogP contribution in [0.15, 0.2) is 28.7 Å². The summed E-state index contributed by atoms with van der Waals surface area (Å²) in [5.41, 5.74) is 13.0. The van der Waals surface area contributed by atoms with Crippen molar-refractivity contribution in [2.24, 2.45) is 10.9 Å². The molecule has 0 saturated carbocycles. The molecular formula is C26H34N10O9S2. The third-order valence-corrected chi connectivity index (χ3v) is 9.05. The SMILES string of the molecule is N=C(NCCCN)N1Cc2ccc(OCCO/N=C(\C(=O)N[C@@H]3C(=O)N(S(=O)(=O)O)[C@@H]3CN3CCOC3=O)c3csc(N)n3)cc2C1. The molecule has 1 aromatic carbocycles. The Kier molecular flexibility index (Phi) is 10.3. The first kappa shape index (κ1) is 33.6. The van der Waals surface area contributed by atoms with Gasteiger partial charge in [-0.15, -0.1) is 11.3 Å². The van der Waals surface area contributed by atoms with Crippen LogP contribution < -0.4 is 26.8 Å². The number of benzene rings is 1. The van der Waals surface area contributed by atoms with Gasteiger partial charge < -0.3 is 46.2 Å². The monoisotopic (exact) mass is 694 g/mol. The molecule has 2 fully saturated rings. The third kappa shape index (κ3) is 7.81. The van der Waals surface area contributed by atoms with E-state index < -0.39 is 40.3 Å². The lowest BCUT2D eigenvalue weighted by atomic mass is 9.97. The van der Waals surface area contributed by atoms with Gasteiger partial charge in [-0.2, -0.15) is 8.42 Å². The van der Waals surface area contributed by atoms with Gasteiger partial charge in [-0.25, -0.2) is 14.1 Å². The van der Waals surface area contributed by atoms with Crippen molar-refractivity contribution in [2.45, 2.75) is 31.6 Å². The number of carbonyl (C=O) groups excluding carboxylic acids is 3. The molecule has 0 aliphatic carbocycles. The Labute approximate surface area is 273 Å². The number of amides is 3. The first-order chi connectivity index (χ1) is 22.5. The van der Waals surface area contributed by atoms with Crippen LogP contribution in [-0.2, 0) is 42.6 Å². The molecule has 3 amide bonds. The van der Waals surface area contributed by atoms with Gasteiger partial charge in [0.2, 0.25) is 0 Å². The summed E-state index contributed by atoms with van der Waals surface area (Å²) in [6, 6.07) is 2.88. The van der Waals surface area contributed by atoms with Crippen LogP contribution in [0.2, 0.25) is 0 Å². The number of guanidine groups is 1. The van der Waals surface area contributed by atoms with Gasteiger partial charge in [-0.3, -0.25) is 19.6 Å². The number of nitrogens with one attached hydrogen (secondary N) is 3. The van der Waals surface area contributed by atoms with Crippen LogP contribution in [0.3, 0.4) is 0 Å². The molecule has 1 aromatic heterocycles. The quantitative estimate of drug-likeness (QED) is 0.0334. The van der Waals surface area contributed by atoms with Gasteiger partial charge in [0.15, 0.2) is 23.4 Å². The molecular weight excluding hydrogens is 660 g/mol. The molecule has 4 heterocycles. The van der Waals surface area contributed by atoms with E-state index in [9.17, 15) is 27.4 Å². The van der Waals surface area contributed by atoms with E-state index in [1.165, 1.54) is 5.38 Å². The van der Waals surface area contributed by atoms with Gasteiger partial charge >= 0.3 is 16.4 Å². The predicted molar refractivity (Wildman–Crippen MR) is 167 cm³/mol. The largest absolute Gasteiger partial charge is 0.490 e. The Hall–Kier alpha value is -4.73. The van der Waals surface area contributed by atoms with Crippen LogP contribution in [-0.4, -0.2) is 120 Å². The van der Waals surface area contributed by atoms with Crippen molar-refractivity contribution < 1.29 is 41.7 Å². The highest BCUT2D eigenvalue weighted by Gasteiger charge is 2.55. The summed E-state index contributed by atoms with van der Waals surface area (Å²) in [4.78, 5) is 50.4. The molecule has 2 atom stereocenters. The van der Waals surface area contributed by atoms with Gasteiger partial charge in [-0.1, -0.05) is 11.2 Å². The number of ether oxygens (including phenoxy) is 2. The van der Waals surface area contributed by atoms with Gasteiger partial charge in [0.25, 0.3) is 11.8 Å². The lowest BCUT2D eigenvalue weighted by molar-refractivity contribution is -0.145. The first-order valence-electron chi connectivity index (χ1n) is 14.4. The highest BCUT2D eigenvalue weighted by Crippen LogP contribution is 2.27. The Bertz CT molecular complexity index is 1670. The Morgan fingerprint density at radius 1 is 1.26 bits per heavy atom. The Morgan fingerprint density at radius 2 is 2.04 bits per heavy atom. The fourth-order valence-corrected chi connectivity index (χ4v) is 6.53. The summed E-state index contributed by atoms with van der Waals surface area (Å²) in [6.45, 7) is 2.15. The number of anilines is 1. The maximum Gasteiger partial charge on any atom is 0.410 e. The average molecular weight is 695 g/mol. The van der Waals surface area contributed by atoms with Crippen molar-refractivity contribution in [2.75, 3.05) is 51.7 Å². The topological polar surface area (TPSA) is 268 Å². The number of hydrogen-bond acceptors (Lipinski definition) is 14. The molecule has 2 saturated heterocycles. The maximum atomic E-state index is 13.3. The van der Waals surface area contributed by atoms with Crippen LogP contribution in [0, 0.1) is 5.41 Å². The second kappa shape index (κ2) is 14.4. The zero-order valence-electron chi connectivity index (χ0n) is 25.0. The number of nitrogens with zero attached hydrogens (tertiary/aromatic N) is 5. The number of cyclic esters (lactones) is 1. The van der Waals surface area contributed by atoms with Gasteiger partial charge in [0.05, 0.1) is 12.6 Å². The number of thiazole rings is 1. The fourth-order valence-electron chi connectivity index (χ4n) is 5.11. The molecule has 21 heteroatoms. The number of nitrogen functional groups attached to an aromatic ring is 1. The maximum absolute atomic E-state index is 13.3. The van der Waals surface area contributed by atoms with Crippen LogP contribution in [0.25, 0.3) is 0 Å². The van der Waals surface area contributed by atoms with Gasteiger partial charge in [0, 0.05) is 31.6 Å². The molecule has 47 heavy (non-hydrogen) atoms. The van der Waals surface area contributed by atoms with E-state index in [-0.39, 0.29) is 53.8 Å². The number of aromatic nitrogens is 1. The summed E-state index contributed by atoms with van der Waals surface area (Å²) in [5.74, 6) is -1.15. The molecule has 2 aromatic rings. The van der Waals surface area contributed by atoms with Crippen LogP contribution in [0.1, 0.15) is 23.2 Å². The lowest BCUT2D eigenvalue weighted by Gasteiger charge is -2.45. The second-order valence-electron chi connectivity index (χ2n) is 10.6. The van der Waals surface area contributed by atoms with Crippen LogP contribution in [0.4, 0.5) is 9.93 Å². The summed E-state index contributed by atoms with van der Waals surface area (Å²) >= 11 is 1.03. The summed E-state index contributed by atoms with van der Waals surface area (Å²) in [7, 11) is -4.98. The number of carbonyl (C=O) groups is 3. The summed E-state index contributed by atoms with van der Waals surface area (Å²) < 4.78 is 44.1. The van der Waals surface area contributed by atoms with Crippen molar-refractivity contribution in [3.05, 3.63) is 40.4 Å². The average Bonchev–Trinajstić information content (AvgIpc) is 3.76. The van der Waals surface area contributed by atoms with Crippen LogP contribution >= 0.6 is 11.3 Å². The Morgan fingerprint density at radius 3 is 2.72 bits per heavy atom. The second-order valence-corrected chi connectivity index (χ2v) is 12.8. The van der Waals surface area contributed by atoms with E-state index in [0.29, 0.717) is 37.9 Å². The molecule has 0 spiro atoms. The number of β-lactam (4-membered cyclic amide) rings is 1. The smallest absolute Gasteiger partial charge is 0.410 e. The number of fused-ring (bicyclic) bond motifs is 1. The highest BCUT2D eigenvalue weighted by molar-refractivity contribution is 7.84. The molecule has 3 aliphatic heterocycles. The molecule has 0 radical (unpaired) electrons. The van der Waals surface area contributed by atoms with Crippen molar-refractivity contribution in [3.63, 3.8) is 0 Å². The van der Waals surface area contributed by atoms with Gasteiger partial charge in [-0.05, 0) is 36.2 Å². The van der Waals surface area contributed by atoms with E-state index in [0.717, 1.165) is 33.8 Å². The molecule has 3 aliphatic rings. The minimum absolute atomic E-state index is 0.0373. The standard InChI is InChI=1S/C26H34N10O9S2/c27-4-1-5-30-24(28)35-11-15-2-3-17(10-16(15)12-35)43-8-9-45-33-20(18-14-46-25(29)31-18)22(37)32-21-19(13-34-6-7-44-26(34)39)36(23(21)38)47(40,41)42/h2-3,10,14,19,21H,1,4-9,11-13,27H2,(H2,28,30)(H2,29,31)(H,32,37)(H,40,41,42)/b33-20-/t19-,21+/m1/s1. The fraction of sp³-hybridized carbons (Fsp3) is 0.462. The molecule has 8 N–H and O–H groups in total. The van der Waals surface area contributed by atoms with Gasteiger partial charge in [0.1, 0.15) is 30.7 Å². The van der Waals surface area contributed by atoms with E-state index in [2.05, 4.69) is 20.8 Å². The van der Waals surface area contributed by atoms with Crippen LogP contribution in [0.5, 0.6) is 5.75 Å². The first-order valence-corrected chi connectivity index (χ1v) is 16.7. The summed E-state index contributed by atoms with van der Waals surface area (Å²) in [5, 5.41) is 19.2. The predicted octanol–water partition coefficient (Wildman–Crippen LogP) is -1.34. The number of hydrogen-bond donors (Lipinski definition) is 6. The highest BCUT2D eigenvalue weighted by atomic mass is 32.2. The molecule has 0 bridgehead atoms. The zero-order chi connectivity index (χ0) is 33.7. The van der Waals surface area contributed by atoms with Crippen molar-refractivity contribution in [1.29, 1.82) is 5.41 Å². The van der Waals surface area contributed by atoms with E-state index in [1.807, 2.05) is 17.0 Å². The summed E-state index contributed by atoms with van der Waals surface area (Å²) in [6.07, 6.45) is 0.0422. The normalized spacial score (nSPS) is 19.3. The molecule has 19 nitrogen and oxygen atoms in total. The van der Waals surface area contributed by atoms with Crippen molar-refractivity contribution >= 4 is 56.4 Å². The molecule has 0 unspecified atom stereocenters. The lowest BCUT2D eigenvalue weighted by Crippen LogP contribution is -2.74. The molecule has 254 valence electrons. The van der Waals surface area contributed by atoms with E-state index in [4.69, 9.17) is 31.2 Å². The van der Waals surface area contributed by atoms with Crippen molar-refractivity contribution in [3.8, 4) is 5.75 Å². The number of rotatable bonds is 14. The van der Waals surface area contributed by atoms with Crippen molar-refractivity contribution in [1.82, 2.24) is 29.7 Å². The third-order valence-electron chi connectivity index (χ3n) is 7.43.